The Morgan fingerprint density at radius 3 is 2.39 bits per heavy atom. The van der Waals surface area contributed by atoms with Gasteiger partial charge in [0, 0.05) is 35.5 Å². The highest BCUT2D eigenvalue weighted by Crippen LogP contribution is 2.49. The molecule has 2 aromatic rings. The predicted molar refractivity (Wildman–Crippen MR) is 160 cm³/mol. The lowest BCUT2D eigenvalue weighted by atomic mass is 9.62. The maximum atomic E-state index is 13.1. The summed E-state index contributed by atoms with van der Waals surface area (Å²) in [6, 6.07) is 8.67. The van der Waals surface area contributed by atoms with Crippen molar-refractivity contribution in [1.82, 2.24) is 4.98 Å². The molecule has 3 heteroatoms. The number of rotatable bonds is 9. The van der Waals surface area contributed by atoms with Crippen molar-refractivity contribution >= 4 is 17.1 Å². The topological polar surface area (TPSA) is 53.8 Å². The first-order valence-electron chi connectivity index (χ1n) is 15.0. The van der Waals surface area contributed by atoms with Crippen LogP contribution in [0, 0.1) is 49.9 Å². The molecule has 204 valence electrons. The number of carbonyl (C=O) groups excluding carboxylic acids is 1. The quantitative estimate of drug-likeness (QED) is 0.269. The number of aromatic nitrogens is 1. The van der Waals surface area contributed by atoms with Crippen molar-refractivity contribution in [3.05, 3.63) is 70.6 Å². The van der Waals surface area contributed by atoms with Gasteiger partial charge in [0.25, 0.3) is 0 Å². The molecule has 1 aromatic carbocycles. The van der Waals surface area contributed by atoms with Crippen LogP contribution >= 0.6 is 0 Å². The van der Waals surface area contributed by atoms with Crippen molar-refractivity contribution in [2.75, 3.05) is 0 Å². The van der Waals surface area contributed by atoms with Gasteiger partial charge in [-0.1, -0.05) is 38.5 Å². The third-order valence-electron chi connectivity index (χ3n) is 9.56. The van der Waals surface area contributed by atoms with E-state index in [9.17, 15) is 4.79 Å². The number of carbonyl (C=O) groups is 1. The molecule has 0 bridgehead atoms. The molecule has 1 N–H and O–H groups in total. The smallest absolute Gasteiger partial charge is 0.167 e. The van der Waals surface area contributed by atoms with Crippen molar-refractivity contribution in [1.29, 1.82) is 5.41 Å². The normalized spacial score (nSPS) is 25.7. The minimum Gasteiger partial charge on any atom is -0.310 e. The number of nitrogens with zero attached hydrogens (tertiary/aromatic N) is 1. The second-order valence-electron chi connectivity index (χ2n) is 12.5. The Morgan fingerprint density at radius 2 is 1.76 bits per heavy atom. The van der Waals surface area contributed by atoms with E-state index in [1.165, 1.54) is 67.2 Å². The highest BCUT2D eigenvalue weighted by atomic mass is 16.1. The maximum Gasteiger partial charge on any atom is 0.167 e. The Bertz CT molecular complexity index is 1150. The molecule has 38 heavy (non-hydrogen) atoms. The molecular weight excluding hydrogens is 464 g/mol. The maximum absolute atomic E-state index is 13.1. The molecule has 0 amide bonds. The fourth-order valence-electron chi connectivity index (χ4n) is 7.63. The minimum atomic E-state index is 0.173. The molecule has 3 nitrogen and oxygen atoms in total. The number of allylic oxidation sites excluding steroid dienone is 1. The minimum absolute atomic E-state index is 0.173. The number of hydrogen-bond acceptors (Lipinski definition) is 3. The zero-order valence-corrected chi connectivity index (χ0v) is 24.4. The lowest BCUT2D eigenvalue weighted by molar-refractivity contribution is 0.0753. The highest BCUT2D eigenvalue weighted by molar-refractivity contribution is 5.97. The van der Waals surface area contributed by atoms with Crippen LogP contribution in [0.2, 0.25) is 0 Å². The Labute approximate surface area is 231 Å². The van der Waals surface area contributed by atoms with E-state index in [0.717, 1.165) is 47.4 Å². The van der Waals surface area contributed by atoms with Gasteiger partial charge in [-0.05, 0) is 136 Å². The van der Waals surface area contributed by atoms with Gasteiger partial charge < -0.3 is 5.41 Å². The molecule has 0 aliphatic heterocycles. The van der Waals surface area contributed by atoms with E-state index < -0.39 is 0 Å². The van der Waals surface area contributed by atoms with Crippen molar-refractivity contribution in [2.24, 2.45) is 23.7 Å². The van der Waals surface area contributed by atoms with E-state index in [-0.39, 0.29) is 5.92 Å². The van der Waals surface area contributed by atoms with Crippen LogP contribution in [0.1, 0.15) is 122 Å². The van der Waals surface area contributed by atoms with Gasteiger partial charge in [0.2, 0.25) is 0 Å². The summed E-state index contributed by atoms with van der Waals surface area (Å²) in [5, 5.41) is 7.86. The Hall–Kier alpha value is -2.55. The zero-order valence-electron chi connectivity index (χ0n) is 24.4. The van der Waals surface area contributed by atoms with E-state index in [1.54, 1.807) is 6.20 Å². The molecule has 0 spiro atoms. The van der Waals surface area contributed by atoms with Crippen LogP contribution in [0.4, 0.5) is 0 Å². The summed E-state index contributed by atoms with van der Waals surface area (Å²) in [6.45, 7) is 14.9. The van der Waals surface area contributed by atoms with Gasteiger partial charge in [-0.15, -0.1) is 0 Å². The van der Waals surface area contributed by atoms with Crippen molar-refractivity contribution < 1.29 is 4.79 Å². The summed E-state index contributed by atoms with van der Waals surface area (Å²) in [6.07, 6.45) is 13.4. The molecule has 1 heterocycles. The number of Topliss-reactive ketones (excluding diaryl/α,β-unsaturated/α-hetero) is 1. The van der Waals surface area contributed by atoms with E-state index in [1.807, 2.05) is 26.0 Å². The molecular formula is C35H48N2O. The first kappa shape index (κ1) is 28.5. The molecule has 3 unspecified atom stereocenters. The van der Waals surface area contributed by atoms with Crippen LogP contribution < -0.4 is 0 Å². The van der Waals surface area contributed by atoms with E-state index in [4.69, 9.17) is 5.41 Å². The number of nitrogens with one attached hydrogen (secondary N) is 1. The summed E-state index contributed by atoms with van der Waals surface area (Å²) in [5.41, 5.74) is 8.93. The summed E-state index contributed by atoms with van der Waals surface area (Å²) < 4.78 is 0. The van der Waals surface area contributed by atoms with E-state index >= 15 is 0 Å². The van der Waals surface area contributed by atoms with Crippen LogP contribution in [0.5, 0.6) is 0 Å². The van der Waals surface area contributed by atoms with E-state index in [2.05, 4.69) is 44.5 Å². The Kier molecular flexibility index (Phi) is 9.39. The molecule has 1 aromatic heterocycles. The SMILES string of the molecule is C=C(CC(C)=N)c1cc(C)c(C2CCC(C3CCC(C(=O)c4ccc(C)nc4)CC3)C(CCC)C2)cc1C. The number of pyridine rings is 1. The standard InChI is InChI=1S/C35H48N2O/c1-7-8-29-20-30(34-19-23(3)33(18-24(34)4)22(2)17-25(5)36)15-16-32(29)27-11-13-28(14-12-27)35(38)31-10-9-26(6)37-21-31/h9-10,18-19,21,27-30,32,36H,2,7-8,11-17,20H2,1,3-6H3. The monoisotopic (exact) mass is 512 g/mol. The van der Waals surface area contributed by atoms with Gasteiger partial charge in [0.1, 0.15) is 0 Å². The van der Waals surface area contributed by atoms with Gasteiger partial charge in [0.15, 0.2) is 5.78 Å². The number of ketones is 1. The summed E-state index contributed by atoms with van der Waals surface area (Å²) in [7, 11) is 0. The Morgan fingerprint density at radius 1 is 1.03 bits per heavy atom. The van der Waals surface area contributed by atoms with Gasteiger partial charge in [-0.25, -0.2) is 0 Å². The molecule has 2 aliphatic rings. The fourth-order valence-corrected chi connectivity index (χ4v) is 7.63. The van der Waals surface area contributed by atoms with Crippen molar-refractivity contribution in [3.63, 3.8) is 0 Å². The third kappa shape index (κ3) is 6.53. The van der Waals surface area contributed by atoms with Crippen molar-refractivity contribution in [3.8, 4) is 0 Å². The number of hydrogen-bond donors (Lipinski definition) is 1. The third-order valence-corrected chi connectivity index (χ3v) is 9.56. The first-order chi connectivity index (χ1) is 18.2. The molecule has 2 aliphatic carbocycles. The lowest BCUT2D eigenvalue weighted by Crippen LogP contribution is -2.33. The summed E-state index contributed by atoms with van der Waals surface area (Å²) in [5.74, 6) is 3.47. The van der Waals surface area contributed by atoms with Crippen LogP contribution in [0.3, 0.4) is 0 Å². The molecule has 0 saturated heterocycles. The van der Waals surface area contributed by atoms with Gasteiger partial charge in [0.05, 0.1) is 0 Å². The average Bonchev–Trinajstić information content (AvgIpc) is 2.89. The first-order valence-corrected chi connectivity index (χ1v) is 15.0. The number of aryl methyl sites for hydroxylation is 3. The fraction of sp³-hybridized carbons (Fsp3) is 0.571. The second kappa shape index (κ2) is 12.5. The van der Waals surface area contributed by atoms with Gasteiger partial charge in [-0.3, -0.25) is 9.78 Å². The van der Waals surface area contributed by atoms with Crippen LogP contribution in [-0.4, -0.2) is 16.5 Å². The average molecular weight is 513 g/mol. The zero-order chi connectivity index (χ0) is 27.4. The van der Waals surface area contributed by atoms with Crippen molar-refractivity contribution in [2.45, 2.75) is 105 Å². The molecule has 4 rings (SSSR count). The molecule has 2 saturated carbocycles. The molecule has 2 fully saturated rings. The summed E-state index contributed by atoms with van der Waals surface area (Å²) in [4.78, 5) is 17.4. The highest BCUT2D eigenvalue weighted by Gasteiger charge is 2.38. The predicted octanol–water partition coefficient (Wildman–Crippen LogP) is 9.44. The van der Waals surface area contributed by atoms with Crippen LogP contribution in [0.15, 0.2) is 37.0 Å². The van der Waals surface area contributed by atoms with Crippen LogP contribution in [-0.2, 0) is 0 Å². The van der Waals surface area contributed by atoms with Gasteiger partial charge in [-0.2, -0.15) is 0 Å². The molecule has 3 atom stereocenters. The molecule has 0 radical (unpaired) electrons. The second-order valence-corrected chi connectivity index (χ2v) is 12.5. The van der Waals surface area contributed by atoms with E-state index in [0.29, 0.717) is 23.8 Å². The van der Waals surface area contributed by atoms with Crippen LogP contribution in [0.25, 0.3) is 5.57 Å². The number of benzene rings is 1. The Balaban J connectivity index is 1.41. The summed E-state index contributed by atoms with van der Waals surface area (Å²) >= 11 is 0. The lowest BCUT2D eigenvalue weighted by Gasteiger charge is -2.43. The largest absolute Gasteiger partial charge is 0.310 e. The van der Waals surface area contributed by atoms with Gasteiger partial charge >= 0.3 is 0 Å².